The molecule has 0 aliphatic carbocycles. The lowest BCUT2D eigenvalue weighted by molar-refractivity contribution is -0.134. The molecule has 164 valence electrons. The normalized spacial score (nSPS) is 18.2. The summed E-state index contributed by atoms with van der Waals surface area (Å²) in [5.74, 6) is 0.286. The molecule has 2 aromatic carbocycles. The molecule has 2 amide bonds. The number of carbonyl (C=O) groups is 2. The van der Waals surface area contributed by atoms with Crippen molar-refractivity contribution in [2.24, 2.45) is 0 Å². The van der Waals surface area contributed by atoms with E-state index in [1.165, 1.54) is 11.1 Å². The molecule has 0 bridgehead atoms. The number of hydrogen-bond donors (Lipinski definition) is 0. The predicted octanol–water partition coefficient (Wildman–Crippen LogP) is 2.10. The smallest absolute Gasteiger partial charge is 0.253 e. The molecule has 6 heteroatoms. The molecule has 0 aromatic heterocycles. The van der Waals surface area contributed by atoms with Crippen LogP contribution in [0.15, 0.2) is 54.6 Å². The third kappa shape index (κ3) is 5.71. The average molecular weight is 421 g/mol. The Bertz CT molecular complexity index is 885. The van der Waals surface area contributed by atoms with E-state index in [2.05, 4.69) is 41.0 Å². The van der Waals surface area contributed by atoms with Crippen LogP contribution in [0.25, 0.3) is 0 Å². The number of rotatable bonds is 5. The number of piperazine rings is 2. The van der Waals surface area contributed by atoms with Crippen molar-refractivity contribution in [2.45, 2.75) is 13.5 Å². The highest BCUT2D eigenvalue weighted by Gasteiger charge is 2.26. The SMILES string of the molecule is Cc1cccc(CN2CCN(C(=O)CN3CCN(C(=O)c4ccccc4)CC3)CC2)c1. The zero-order chi connectivity index (χ0) is 21.6. The van der Waals surface area contributed by atoms with E-state index in [9.17, 15) is 9.59 Å². The van der Waals surface area contributed by atoms with Crippen molar-refractivity contribution >= 4 is 11.8 Å². The fraction of sp³-hybridized carbons (Fsp3) is 0.440. The molecule has 0 unspecified atom stereocenters. The Morgan fingerprint density at radius 1 is 0.742 bits per heavy atom. The van der Waals surface area contributed by atoms with Crippen molar-refractivity contribution < 1.29 is 9.59 Å². The highest BCUT2D eigenvalue weighted by Crippen LogP contribution is 2.12. The highest BCUT2D eigenvalue weighted by molar-refractivity contribution is 5.94. The van der Waals surface area contributed by atoms with Gasteiger partial charge in [-0.2, -0.15) is 0 Å². The second kappa shape index (κ2) is 10.1. The monoisotopic (exact) mass is 420 g/mol. The van der Waals surface area contributed by atoms with E-state index >= 15 is 0 Å². The highest BCUT2D eigenvalue weighted by atomic mass is 16.2. The Balaban J connectivity index is 1.19. The minimum atomic E-state index is 0.0799. The van der Waals surface area contributed by atoms with Gasteiger partial charge in [0.2, 0.25) is 5.91 Å². The quantitative estimate of drug-likeness (QED) is 0.743. The van der Waals surface area contributed by atoms with Crippen LogP contribution in [0.5, 0.6) is 0 Å². The Morgan fingerprint density at radius 3 is 2.06 bits per heavy atom. The fourth-order valence-corrected chi connectivity index (χ4v) is 4.39. The molecular formula is C25H32N4O2. The van der Waals surface area contributed by atoms with E-state index in [0.29, 0.717) is 19.6 Å². The topological polar surface area (TPSA) is 47.1 Å². The van der Waals surface area contributed by atoms with Crippen LogP contribution in [-0.2, 0) is 11.3 Å². The maximum atomic E-state index is 12.8. The summed E-state index contributed by atoms with van der Waals surface area (Å²) in [6.45, 7) is 9.77. The molecule has 6 nitrogen and oxygen atoms in total. The Morgan fingerprint density at radius 2 is 1.39 bits per heavy atom. The first-order valence-electron chi connectivity index (χ1n) is 11.2. The van der Waals surface area contributed by atoms with Crippen molar-refractivity contribution in [3.05, 3.63) is 71.3 Å². The number of hydrogen-bond acceptors (Lipinski definition) is 4. The third-order valence-electron chi connectivity index (χ3n) is 6.25. The van der Waals surface area contributed by atoms with Crippen LogP contribution in [0.1, 0.15) is 21.5 Å². The first-order valence-corrected chi connectivity index (χ1v) is 11.2. The Kier molecular flexibility index (Phi) is 6.99. The van der Waals surface area contributed by atoms with Gasteiger partial charge < -0.3 is 9.80 Å². The standard InChI is InChI=1S/C25H32N4O2/c1-21-6-5-7-22(18-21)19-26-10-14-28(15-11-26)24(30)20-27-12-16-29(17-13-27)25(31)23-8-3-2-4-9-23/h2-9,18H,10-17,19-20H2,1H3. The minimum Gasteiger partial charge on any atom is -0.339 e. The fourth-order valence-electron chi connectivity index (χ4n) is 4.39. The molecule has 0 spiro atoms. The van der Waals surface area contributed by atoms with E-state index in [4.69, 9.17) is 0 Å². The summed E-state index contributed by atoms with van der Waals surface area (Å²) >= 11 is 0. The molecule has 0 saturated carbocycles. The van der Waals surface area contributed by atoms with Crippen LogP contribution in [0.4, 0.5) is 0 Å². The van der Waals surface area contributed by atoms with Crippen LogP contribution in [0.2, 0.25) is 0 Å². The molecule has 2 fully saturated rings. The number of nitrogens with zero attached hydrogens (tertiary/aromatic N) is 4. The second-order valence-electron chi connectivity index (χ2n) is 8.58. The van der Waals surface area contributed by atoms with Gasteiger partial charge in [0.15, 0.2) is 0 Å². The van der Waals surface area contributed by atoms with Gasteiger partial charge in [0.25, 0.3) is 5.91 Å². The maximum Gasteiger partial charge on any atom is 0.253 e. The van der Waals surface area contributed by atoms with E-state index in [0.717, 1.165) is 51.4 Å². The molecule has 2 aliphatic heterocycles. The second-order valence-corrected chi connectivity index (χ2v) is 8.58. The molecule has 31 heavy (non-hydrogen) atoms. The summed E-state index contributed by atoms with van der Waals surface area (Å²) in [6, 6.07) is 18.1. The van der Waals surface area contributed by atoms with Crippen molar-refractivity contribution in [1.29, 1.82) is 0 Å². The van der Waals surface area contributed by atoms with Gasteiger partial charge >= 0.3 is 0 Å². The molecule has 0 N–H and O–H groups in total. The summed E-state index contributed by atoms with van der Waals surface area (Å²) in [6.07, 6.45) is 0. The van der Waals surface area contributed by atoms with Crippen LogP contribution in [0.3, 0.4) is 0 Å². The van der Waals surface area contributed by atoms with Crippen molar-refractivity contribution in [3.8, 4) is 0 Å². The molecule has 2 saturated heterocycles. The summed E-state index contributed by atoms with van der Waals surface area (Å²) in [5, 5.41) is 0. The molecule has 4 rings (SSSR count). The number of aryl methyl sites for hydroxylation is 1. The van der Waals surface area contributed by atoms with E-state index < -0.39 is 0 Å². The summed E-state index contributed by atoms with van der Waals surface area (Å²) in [7, 11) is 0. The van der Waals surface area contributed by atoms with Crippen LogP contribution in [0, 0.1) is 6.92 Å². The molecule has 2 heterocycles. The molecule has 2 aromatic rings. The van der Waals surface area contributed by atoms with Gasteiger partial charge in [-0.3, -0.25) is 19.4 Å². The number of benzene rings is 2. The lowest BCUT2D eigenvalue weighted by atomic mass is 10.1. The Labute approximate surface area is 185 Å². The molecule has 0 atom stereocenters. The lowest BCUT2D eigenvalue weighted by Gasteiger charge is -2.38. The number of carbonyl (C=O) groups excluding carboxylic acids is 2. The molecular weight excluding hydrogens is 388 g/mol. The maximum absolute atomic E-state index is 12.8. The van der Waals surface area contributed by atoms with Gasteiger partial charge in [-0.1, -0.05) is 48.0 Å². The van der Waals surface area contributed by atoms with Gasteiger partial charge in [0, 0.05) is 64.5 Å². The van der Waals surface area contributed by atoms with Crippen molar-refractivity contribution in [3.63, 3.8) is 0 Å². The Hall–Kier alpha value is -2.70. The van der Waals surface area contributed by atoms with Gasteiger partial charge in [0.1, 0.15) is 0 Å². The van der Waals surface area contributed by atoms with Crippen LogP contribution < -0.4 is 0 Å². The minimum absolute atomic E-state index is 0.0799. The largest absolute Gasteiger partial charge is 0.339 e. The van der Waals surface area contributed by atoms with Gasteiger partial charge in [-0.25, -0.2) is 0 Å². The zero-order valence-electron chi connectivity index (χ0n) is 18.4. The first kappa shape index (κ1) is 21.5. The van der Waals surface area contributed by atoms with Gasteiger partial charge in [-0.05, 0) is 24.6 Å². The van der Waals surface area contributed by atoms with Crippen molar-refractivity contribution in [1.82, 2.24) is 19.6 Å². The van der Waals surface area contributed by atoms with Gasteiger partial charge in [-0.15, -0.1) is 0 Å². The van der Waals surface area contributed by atoms with E-state index in [1.807, 2.05) is 40.1 Å². The summed E-state index contributed by atoms with van der Waals surface area (Å²) in [4.78, 5) is 33.9. The third-order valence-corrected chi connectivity index (χ3v) is 6.25. The summed E-state index contributed by atoms with van der Waals surface area (Å²) < 4.78 is 0. The van der Waals surface area contributed by atoms with E-state index in [-0.39, 0.29) is 11.8 Å². The average Bonchev–Trinajstić information content (AvgIpc) is 2.80. The summed E-state index contributed by atoms with van der Waals surface area (Å²) in [5.41, 5.74) is 3.36. The van der Waals surface area contributed by atoms with E-state index in [1.54, 1.807) is 0 Å². The van der Waals surface area contributed by atoms with Crippen LogP contribution in [-0.4, -0.2) is 90.3 Å². The molecule has 0 radical (unpaired) electrons. The zero-order valence-corrected chi connectivity index (χ0v) is 18.4. The molecule has 2 aliphatic rings. The van der Waals surface area contributed by atoms with Crippen molar-refractivity contribution in [2.75, 3.05) is 58.9 Å². The van der Waals surface area contributed by atoms with Gasteiger partial charge in [0.05, 0.1) is 6.54 Å². The van der Waals surface area contributed by atoms with Crippen LogP contribution >= 0.6 is 0 Å². The predicted molar refractivity (Wildman–Crippen MR) is 122 cm³/mol. The first-order chi connectivity index (χ1) is 15.1. The lowest BCUT2D eigenvalue weighted by Crippen LogP contribution is -2.54. The number of amides is 2.